The Morgan fingerprint density at radius 1 is 1.12 bits per heavy atom. The Labute approximate surface area is 147 Å². The Morgan fingerprint density at radius 2 is 1.76 bits per heavy atom. The first-order valence-electron chi connectivity index (χ1n) is 8.58. The van der Waals surface area contributed by atoms with Crippen molar-refractivity contribution in [1.82, 2.24) is 9.78 Å². The molecule has 0 unspecified atom stereocenters. The standard InChI is InChI=1S/C21H20N2O2/c1-15-12-19(15)21(24)25-14-17-13-23(18-10-6-3-7-11-18)22-20(17)16-8-4-2-5-9-16/h2-11,13,15,19H,12,14H2,1H3/t15-,19+/m1/s1. The van der Waals surface area contributed by atoms with E-state index >= 15 is 0 Å². The summed E-state index contributed by atoms with van der Waals surface area (Å²) in [6, 6.07) is 19.9. The number of carbonyl (C=O) groups is 1. The van der Waals surface area contributed by atoms with Crippen molar-refractivity contribution in [2.24, 2.45) is 11.8 Å². The molecule has 0 amide bonds. The van der Waals surface area contributed by atoms with Crippen LogP contribution in [-0.2, 0) is 16.1 Å². The van der Waals surface area contributed by atoms with Crippen LogP contribution < -0.4 is 0 Å². The number of ether oxygens (including phenoxy) is 1. The number of para-hydroxylation sites is 1. The van der Waals surface area contributed by atoms with Crippen molar-refractivity contribution in [2.75, 3.05) is 0 Å². The van der Waals surface area contributed by atoms with Crippen molar-refractivity contribution < 1.29 is 9.53 Å². The normalized spacial score (nSPS) is 18.8. The highest BCUT2D eigenvalue weighted by molar-refractivity contribution is 5.75. The maximum absolute atomic E-state index is 12.1. The van der Waals surface area contributed by atoms with Crippen molar-refractivity contribution in [2.45, 2.75) is 20.0 Å². The number of hydrogen-bond acceptors (Lipinski definition) is 3. The summed E-state index contributed by atoms with van der Waals surface area (Å²) < 4.78 is 7.38. The fourth-order valence-corrected chi connectivity index (χ4v) is 2.97. The van der Waals surface area contributed by atoms with Gasteiger partial charge in [-0.05, 0) is 24.5 Å². The van der Waals surface area contributed by atoms with E-state index in [-0.39, 0.29) is 18.5 Å². The van der Waals surface area contributed by atoms with Gasteiger partial charge in [0.1, 0.15) is 6.61 Å². The van der Waals surface area contributed by atoms with Gasteiger partial charge in [0.2, 0.25) is 0 Å². The van der Waals surface area contributed by atoms with Gasteiger partial charge in [-0.3, -0.25) is 4.79 Å². The Hall–Kier alpha value is -2.88. The molecule has 0 aliphatic heterocycles. The zero-order chi connectivity index (χ0) is 17.2. The van der Waals surface area contributed by atoms with Crippen molar-refractivity contribution in [3.05, 3.63) is 72.4 Å². The molecule has 126 valence electrons. The van der Waals surface area contributed by atoms with Gasteiger partial charge in [-0.15, -0.1) is 0 Å². The summed E-state index contributed by atoms with van der Waals surface area (Å²) >= 11 is 0. The van der Waals surface area contributed by atoms with Gasteiger partial charge in [0.05, 0.1) is 17.3 Å². The summed E-state index contributed by atoms with van der Waals surface area (Å²) in [7, 11) is 0. The molecular formula is C21H20N2O2. The van der Waals surface area contributed by atoms with E-state index in [2.05, 4.69) is 6.92 Å². The van der Waals surface area contributed by atoms with Gasteiger partial charge in [-0.2, -0.15) is 5.10 Å². The predicted molar refractivity (Wildman–Crippen MR) is 96.1 cm³/mol. The molecule has 0 spiro atoms. The Balaban J connectivity index is 1.63. The lowest BCUT2D eigenvalue weighted by atomic mass is 10.1. The van der Waals surface area contributed by atoms with E-state index in [0.717, 1.165) is 28.9 Å². The van der Waals surface area contributed by atoms with Crippen LogP contribution in [0.1, 0.15) is 18.9 Å². The van der Waals surface area contributed by atoms with Gasteiger partial charge < -0.3 is 4.74 Å². The highest BCUT2D eigenvalue weighted by atomic mass is 16.5. The van der Waals surface area contributed by atoms with E-state index in [1.807, 2.05) is 71.5 Å². The lowest BCUT2D eigenvalue weighted by molar-refractivity contribution is -0.146. The molecule has 3 aromatic rings. The second-order valence-electron chi connectivity index (χ2n) is 6.58. The molecule has 2 aromatic carbocycles. The topological polar surface area (TPSA) is 44.1 Å². The molecule has 2 atom stereocenters. The number of hydrogen-bond donors (Lipinski definition) is 0. The Kier molecular flexibility index (Phi) is 4.10. The number of carbonyl (C=O) groups excluding carboxylic acids is 1. The molecule has 1 aliphatic carbocycles. The first-order chi connectivity index (χ1) is 12.2. The van der Waals surface area contributed by atoms with Crippen molar-refractivity contribution in [3.63, 3.8) is 0 Å². The highest BCUT2D eigenvalue weighted by Gasteiger charge is 2.40. The van der Waals surface area contributed by atoms with Crippen LogP contribution in [0.15, 0.2) is 66.9 Å². The monoisotopic (exact) mass is 332 g/mol. The van der Waals surface area contributed by atoms with Crippen LogP contribution in [0.4, 0.5) is 0 Å². The maximum Gasteiger partial charge on any atom is 0.309 e. The summed E-state index contributed by atoms with van der Waals surface area (Å²) in [5, 5.41) is 4.73. The fourth-order valence-electron chi connectivity index (χ4n) is 2.97. The minimum absolute atomic E-state index is 0.0735. The number of nitrogens with zero attached hydrogens (tertiary/aromatic N) is 2. The van der Waals surface area contributed by atoms with Crippen LogP contribution in [-0.4, -0.2) is 15.7 Å². The zero-order valence-corrected chi connectivity index (χ0v) is 14.1. The van der Waals surface area contributed by atoms with Crippen molar-refractivity contribution >= 4 is 5.97 Å². The molecule has 4 heteroatoms. The van der Waals surface area contributed by atoms with E-state index in [0.29, 0.717) is 5.92 Å². The minimum Gasteiger partial charge on any atom is -0.460 e. The van der Waals surface area contributed by atoms with Crippen molar-refractivity contribution in [1.29, 1.82) is 0 Å². The molecular weight excluding hydrogens is 312 g/mol. The van der Waals surface area contributed by atoms with Crippen LogP contribution in [0, 0.1) is 11.8 Å². The minimum atomic E-state index is -0.0982. The molecule has 4 nitrogen and oxygen atoms in total. The van der Waals surface area contributed by atoms with Crippen LogP contribution in [0.3, 0.4) is 0 Å². The lowest BCUT2D eigenvalue weighted by Crippen LogP contribution is -2.07. The van der Waals surface area contributed by atoms with Crippen molar-refractivity contribution in [3.8, 4) is 16.9 Å². The zero-order valence-electron chi connectivity index (χ0n) is 14.1. The second-order valence-corrected chi connectivity index (χ2v) is 6.58. The highest BCUT2D eigenvalue weighted by Crippen LogP contribution is 2.39. The van der Waals surface area contributed by atoms with Gasteiger partial charge in [0, 0.05) is 17.3 Å². The third-order valence-electron chi connectivity index (χ3n) is 4.64. The van der Waals surface area contributed by atoms with Crippen LogP contribution in [0.5, 0.6) is 0 Å². The van der Waals surface area contributed by atoms with E-state index < -0.39 is 0 Å². The third-order valence-corrected chi connectivity index (χ3v) is 4.64. The molecule has 1 heterocycles. The average Bonchev–Trinajstić information content (AvgIpc) is 3.24. The molecule has 1 fully saturated rings. The summed E-state index contributed by atoms with van der Waals surface area (Å²) in [5.41, 5.74) is 3.76. The Morgan fingerprint density at radius 3 is 2.40 bits per heavy atom. The third kappa shape index (κ3) is 3.33. The van der Waals surface area contributed by atoms with Gasteiger partial charge in [0.15, 0.2) is 0 Å². The van der Waals surface area contributed by atoms with E-state index in [4.69, 9.17) is 9.84 Å². The van der Waals surface area contributed by atoms with Gasteiger partial charge >= 0.3 is 5.97 Å². The molecule has 0 radical (unpaired) electrons. The molecule has 1 saturated carbocycles. The largest absolute Gasteiger partial charge is 0.460 e. The summed E-state index contributed by atoms with van der Waals surface area (Å²) in [5.74, 6) is 0.427. The maximum atomic E-state index is 12.1. The lowest BCUT2D eigenvalue weighted by Gasteiger charge is -2.04. The smallest absolute Gasteiger partial charge is 0.309 e. The number of benzene rings is 2. The van der Waals surface area contributed by atoms with Crippen LogP contribution in [0.25, 0.3) is 16.9 Å². The fraction of sp³-hybridized carbons (Fsp3) is 0.238. The van der Waals surface area contributed by atoms with Crippen LogP contribution >= 0.6 is 0 Å². The van der Waals surface area contributed by atoms with Gasteiger partial charge in [0.25, 0.3) is 0 Å². The first kappa shape index (κ1) is 15.6. The van der Waals surface area contributed by atoms with E-state index in [1.54, 1.807) is 0 Å². The number of aromatic nitrogens is 2. The van der Waals surface area contributed by atoms with E-state index in [1.165, 1.54) is 0 Å². The second kappa shape index (κ2) is 6.55. The molecule has 0 saturated heterocycles. The van der Waals surface area contributed by atoms with E-state index in [9.17, 15) is 4.79 Å². The van der Waals surface area contributed by atoms with Gasteiger partial charge in [-0.1, -0.05) is 55.5 Å². The summed E-state index contributed by atoms with van der Waals surface area (Å²) in [6.45, 7) is 2.33. The molecule has 1 aromatic heterocycles. The Bertz CT molecular complexity index is 871. The molecule has 0 N–H and O–H groups in total. The summed E-state index contributed by atoms with van der Waals surface area (Å²) in [4.78, 5) is 12.1. The predicted octanol–water partition coefficient (Wildman–Crippen LogP) is 4.24. The SMILES string of the molecule is C[C@@H]1C[C@@H]1C(=O)OCc1cn(-c2ccccc2)nc1-c1ccccc1. The quantitative estimate of drug-likeness (QED) is 0.657. The average molecular weight is 332 g/mol. The molecule has 0 bridgehead atoms. The first-order valence-corrected chi connectivity index (χ1v) is 8.58. The van der Waals surface area contributed by atoms with Crippen LogP contribution in [0.2, 0.25) is 0 Å². The molecule has 25 heavy (non-hydrogen) atoms. The van der Waals surface area contributed by atoms with Gasteiger partial charge in [-0.25, -0.2) is 4.68 Å². The molecule has 1 aliphatic rings. The number of esters is 1. The molecule has 4 rings (SSSR count). The number of rotatable bonds is 5. The summed E-state index contributed by atoms with van der Waals surface area (Å²) in [6.07, 6.45) is 2.88.